The van der Waals surface area contributed by atoms with Crippen LogP contribution >= 0.6 is 0 Å². The van der Waals surface area contributed by atoms with Crippen molar-refractivity contribution >= 4 is 0 Å². The Morgan fingerprint density at radius 2 is 2.40 bits per heavy atom. The van der Waals surface area contributed by atoms with Gasteiger partial charge in [-0.25, -0.2) is 0 Å². The maximum atomic E-state index is 3.66. The summed E-state index contributed by atoms with van der Waals surface area (Å²) in [6, 6.07) is 1.95. The van der Waals surface area contributed by atoms with Gasteiger partial charge in [0.25, 0.3) is 0 Å². The number of hydrogen-bond acceptors (Lipinski definition) is 2. The summed E-state index contributed by atoms with van der Waals surface area (Å²) in [5.74, 6) is 0.667. The van der Waals surface area contributed by atoms with Crippen molar-refractivity contribution in [3.05, 3.63) is 24.0 Å². The molecule has 0 atom stereocenters. The highest BCUT2D eigenvalue weighted by atomic mass is 15.1. The lowest BCUT2D eigenvalue weighted by molar-refractivity contribution is 0.643. The molecule has 0 saturated heterocycles. The Bertz CT molecular complexity index is 182. The Kier molecular flexibility index (Phi) is 2.37. The molecule has 1 radical (unpaired) electrons. The minimum absolute atomic E-state index is 0.667. The molecule has 2 heteroatoms. The summed E-state index contributed by atoms with van der Waals surface area (Å²) in [5.41, 5.74) is 1.14. The van der Waals surface area contributed by atoms with Crippen molar-refractivity contribution in [2.75, 3.05) is 0 Å². The molecule has 53 valence electrons. The van der Waals surface area contributed by atoms with E-state index in [1.807, 2.05) is 6.07 Å². The zero-order valence-electron chi connectivity index (χ0n) is 6.33. The Morgan fingerprint density at radius 3 is 2.90 bits per heavy atom. The topological polar surface area (TPSA) is 25.8 Å². The molecular formula is C8H11N2. The van der Waals surface area contributed by atoms with Gasteiger partial charge in [0.05, 0.1) is 0 Å². The van der Waals surface area contributed by atoms with Gasteiger partial charge >= 0.3 is 0 Å². The van der Waals surface area contributed by atoms with Crippen LogP contribution in [0.25, 0.3) is 0 Å². The normalized spacial score (nSPS) is 10.3. The fourth-order valence-corrected chi connectivity index (χ4v) is 0.841. The van der Waals surface area contributed by atoms with Gasteiger partial charge in [0.1, 0.15) is 6.20 Å². The third-order valence-electron chi connectivity index (χ3n) is 1.22. The molecule has 0 N–H and O–H groups in total. The second-order valence-electron chi connectivity index (χ2n) is 2.77. The van der Waals surface area contributed by atoms with Crippen LogP contribution < -0.4 is 0 Å². The Balaban J connectivity index is 2.59. The highest BCUT2D eigenvalue weighted by Crippen LogP contribution is 2.03. The molecule has 0 aromatic carbocycles. The van der Waals surface area contributed by atoms with E-state index in [0.717, 1.165) is 12.0 Å². The molecule has 2 nitrogen and oxygen atoms in total. The van der Waals surface area contributed by atoms with E-state index in [1.54, 1.807) is 6.20 Å². The fourth-order valence-electron chi connectivity index (χ4n) is 0.841. The van der Waals surface area contributed by atoms with E-state index in [9.17, 15) is 0 Å². The van der Waals surface area contributed by atoms with Crippen LogP contribution in [0.2, 0.25) is 0 Å². The monoisotopic (exact) mass is 135 g/mol. The number of nitrogens with zero attached hydrogens (tertiary/aromatic N) is 2. The number of rotatable bonds is 2. The van der Waals surface area contributed by atoms with Gasteiger partial charge in [-0.15, -0.1) is 5.10 Å². The number of aromatic nitrogens is 2. The summed E-state index contributed by atoms with van der Waals surface area (Å²) in [5, 5.41) is 7.31. The largest absolute Gasteiger partial charge is 0.158 e. The third-order valence-corrected chi connectivity index (χ3v) is 1.22. The fraction of sp³-hybridized carbons (Fsp3) is 0.500. The maximum absolute atomic E-state index is 3.66. The highest BCUT2D eigenvalue weighted by Gasteiger charge is 1.96. The first-order chi connectivity index (χ1) is 4.79. The SMILES string of the molecule is CC(C)Cc1[c]nncc1. The van der Waals surface area contributed by atoms with E-state index in [2.05, 4.69) is 30.2 Å². The molecule has 1 aromatic heterocycles. The minimum Gasteiger partial charge on any atom is -0.158 e. The van der Waals surface area contributed by atoms with Crippen molar-refractivity contribution in [3.8, 4) is 0 Å². The summed E-state index contributed by atoms with van der Waals surface area (Å²) in [6.45, 7) is 4.35. The van der Waals surface area contributed by atoms with Crippen molar-refractivity contribution in [2.24, 2.45) is 5.92 Å². The van der Waals surface area contributed by atoms with Gasteiger partial charge in [0.15, 0.2) is 0 Å². The van der Waals surface area contributed by atoms with Crippen LogP contribution in [0.1, 0.15) is 19.4 Å². The molecule has 0 bridgehead atoms. The molecular weight excluding hydrogens is 124 g/mol. The van der Waals surface area contributed by atoms with E-state index in [4.69, 9.17) is 0 Å². The quantitative estimate of drug-likeness (QED) is 0.613. The van der Waals surface area contributed by atoms with Crippen LogP contribution in [0, 0.1) is 12.1 Å². The smallest absolute Gasteiger partial charge is 0.117 e. The van der Waals surface area contributed by atoms with Crippen molar-refractivity contribution in [1.29, 1.82) is 0 Å². The molecule has 0 aliphatic rings. The van der Waals surface area contributed by atoms with Crippen LogP contribution in [0.15, 0.2) is 12.3 Å². The van der Waals surface area contributed by atoms with Crippen LogP contribution in [-0.4, -0.2) is 10.2 Å². The molecule has 1 heterocycles. The van der Waals surface area contributed by atoms with Crippen molar-refractivity contribution in [1.82, 2.24) is 10.2 Å². The summed E-state index contributed by atoms with van der Waals surface area (Å²) in [6.07, 6.45) is 5.58. The zero-order chi connectivity index (χ0) is 7.40. The average molecular weight is 135 g/mol. The summed E-state index contributed by atoms with van der Waals surface area (Å²) in [7, 11) is 0. The van der Waals surface area contributed by atoms with Crippen LogP contribution in [-0.2, 0) is 6.42 Å². The molecule has 0 unspecified atom stereocenters. The van der Waals surface area contributed by atoms with Crippen LogP contribution in [0.3, 0.4) is 0 Å². The second kappa shape index (κ2) is 3.30. The summed E-state index contributed by atoms with van der Waals surface area (Å²) >= 11 is 0. The predicted molar refractivity (Wildman–Crippen MR) is 39.4 cm³/mol. The molecule has 0 spiro atoms. The Hall–Kier alpha value is -0.920. The van der Waals surface area contributed by atoms with E-state index in [1.165, 1.54) is 0 Å². The zero-order valence-corrected chi connectivity index (χ0v) is 6.33. The van der Waals surface area contributed by atoms with Crippen molar-refractivity contribution < 1.29 is 0 Å². The van der Waals surface area contributed by atoms with E-state index in [0.29, 0.717) is 5.92 Å². The van der Waals surface area contributed by atoms with Gasteiger partial charge in [-0.1, -0.05) is 13.8 Å². The van der Waals surface area contributed by atoms with Crippen LogP contribution in [0.4, 0.5) is 0 Å². The van der Waals surface area contributed by atoms with E-state index < -0.39 is 0 Å². The molecule has 1 rings (SSSR count). The van der Waals surface area contributed by atoms with Gasteiger partial charge in [-0.05, 0) is 24.0 Å². The molecule has 1 aromatic rings. The molecule has 0 amide bonds. The van der Waals surface area contributed by atoms with Crippen molar-refractivity contribution in [2.45, 2.75) is 20.3 Å². The Morgan fingerprint density at radius 1 is 1.60 bits per heavy atom. The van der Waals surface area contributed by atoms with Crippen molar-refractivity contribution in [3.63, 3.8) is 0 Å². The van der Waals surface area contributed by atoms with Gasteiger partial charge < -0.3 is 0 Å². The first-order valence-corrected chi connectivity index (χ1v) is 3.47. The predicted octanol–water partition coefficient (Wildman–Crippen LogP) is 1.48. The van der Waals surface area contributed by atoms with Gasteiger partial charge in [-0.3, -0.25) is 0 Å². The van der Waals surface area contributed by atoms with E-state index in [-0.39, 0.29) is 0 Å². The van der Waals surface area contributed by atoms with Gasteiger partial charge in [0, 0.05) is 6.20 Å². The number of hydrogen-bond donors (Lipinski definition) is 0. The van der Waals surface area contributed by atoms with Gasteiger partial charge in [-0.2, -0.15) is 5.10 Å². The van der Waals surface area contributed by atoms with Gasteiger partial charge in [0.2, 0.25) is 0 Å². The van der Waals surface area contributed by atoms with E-state index >= 15 is 0 Å². The molecule has 0 aliphatic carbocycles. The van der Waals surface area contributed by atoms with Crippen LogP contribution in [0.5, 0.6) is 0 Å². The molecule has 0 saturated carbocycles. The summed E-state index contributed by atoms with van der Waals surface area (Å²) in [4.78, 5) is 0. The second-order valence-corrected chi connectivity index (χ2v) is 2.77. The minimum atomic E-state index is 0.667. The standard InChI is InChI=1S/C8H11N2/c1-7(2)5-8-3-4-9-10-6-8/h3-4,7H,5H2,1-2H3. The molecule has 10 heavy (non-hydrogen) atoms. The molecule has 0 fully saturated rings. The third kappa shape index (κ3) is 2.13. The maximum Gasteiger partial charge on any atom is 0.117 e. The molecule has 0 aliphatic heterocycles. The Labute approximate surface area is 61.3 Å². The average Bonchev–Trinajstić information content (AvgIpc) is 1.88. The first-order valence-electron chi connectivity index (χ1n) is 3.47. The lowest BCUT2D eigenvalue weighted by atomic mass is 10.1. The summed E-state index contributed by atoms with van der Waals surface area (Å²) < 4.78 is 0. The highest BCUT2D eigenvalue weighted by molar-refractivity contribution is 5.03. The lowest BCUT2D eigenvalue weighted by Gasteiger charge is -2.00. The lowest BCUT2D eigenvalue weighted by Crippen LogP contribution is -1.95. The first kappa shape index (κ1) is 7.19.